The maximum absolute atomic E-state index is 6.84. The Morgan fingerprint density at radius 3 is 1.91 bits per heavy atom. The van der Waals surface area contributed by atoms with Gasteiger partial charge in [0.15, 0.2) is 8.07 Å². The second kappa shape index (κ2) is 13.2. The van der Waals surface area contributed by atoms with Gasteiger partial charge in [-0.15, -0.1) is 0 Å². The van der Waals surface area contributed by atoms with Crippen LogP contribution >= 0.6 is 0 Å². The smallest absolute Gasteiger partial charge is 0.333 e. The van der Waals surface area contributed by atoms with Gasteiger partial charge in [0.05, 0.1) is 16.8 Å². The topological polar surface area (TPSA) is 19.6 Å². The van der Waals surface area contributed by atoms with Gasteiger partial charge in [0, 0.05) is 33.6 Å². The summed E-state index contributed by atoms with van der Waals surface area (Å²) in [6.45, 7) is 6.80. The molecule has 5 heteroatoms. The molecule has 0 bridgehead atoms. The summed E-state index contributed by atoms with van der Waals surface area (Å²) >= 11 is 0. The van der Waals surface area contributed by atoms with Crippen LogP contribution in [-0.2, 0) is 5.41 Å². The zero-order valence-corrected chi connectivity index (χ0v) is 38.5. The first kappa shape index (κ1) is 37.4. The van der Waals surface area contributed by atoms with E-state index in [-0.39, 0.29) is 12.3 Å². The molecule has 0 N–H and O–H groups in total. The average molecular weight is 871 g/mol. The molecule has 0 radical (unpaired) electrons. The molecule has 4 aliphatic heterocycles. The Kier molecular flexibility index (Phi) is 7.34. The Morgan fingerprint density at radius 1 is 0.463 bits per heavy atom. The molecule has 1 aromatic heterocycles. The number of anilines is 5. The summed E-state index contributed by atoms with van der Waals surface area (Å²) in [6.07, 6.45) is 0. The molecule has 5 heterocycles. The number of fused-ring (bicyclic) bond motifs is 19. The predicted octanol–water partition coefficient (Wildman–Crippen LogP) is 12.1. The molecule has 10 aromatic carbocycles. The lowest BCUT2D eigenvalue weighted by Crippen LogP contribution is -2.78. The monoisotopic (exact) mass is 870 g/mol. The quantitative estimate of drug-likeness (QED) is 0.161. The maximum atomic E-state index is 6.84. The normalized spacial score (nSPS) is 14.5. The molecule has 11 aromatic rings. The highest BCUT2D eigenvalue weighted by Crippen LogP contribution is 2.54. The van der Waals surface area contributed by atoms with E-state index < -0.39 is 8.07 Å². The predicted molar refractivity (Wildman–Crippen MR) is 285 cm³/mol. The van der Waals surface area contributed by atoms with Crippen molar-refractivity contribution in [2.24, 2.45) is 0 Å². The minimum Gasteiger partial charge on any atom is -0.456 e. The van der Waals surface area contributed by atoms with Crippen molar-refractivity contribution in [1.82, 2.24) is 0 Å². The van der Waals surface area contributed by atoms with E-state index in [2.05, 4.69) is 237 Å². The van der Waals surface area contributed by atoms with Crippen LogP contribution in [0.5, 0.6) is 0 Å². The number of nitrogens with zero attached hydrogens (tertiary/aromatic N) is 2. The summed E-state index contributed by atoms with van der Waals surface area (Å²) < 4.78 is 6.84. The lowest BCUT2D eigenvalue weighted by atomic mass is 9.43. The summed E-state index contributed by atoms with van der Waals surface area (Å²) in [7, 11) is -2.84. The van der Waals surface area contributed by atoms with E-state index in [1.165, 1.54) is 104 Å². The molecule has 0 atom stereocenters. The van der Waals surface area contributed by atoms with E-state index in [4.69, 9.17) is 4.42 Å². The van der Waals surface area contributed by atoms with Crippen molar-refractivity contribution >= 4 is 108 Å². The Labute approximate surface area is 391 Å². The van der Waals surface area contributed by atoms with Gasteiger partial charge in [-0.2, -0.15) is 0 Å². The molecular formula is C62H43BN2OSi. The van der Waals surface area contributed by atoms with Crippen molar-refractivity contribution in [1.29, 1.82) is 0 Å². The number of para-hydroxylation sites is 3. The zero-order chi connectivity index (χ0) is 44.3. The van der Waals surface area contributed by atoms with Crippen LogP contribution < -0.4 is 41.4 Å². The van der Waals surface area contributed by atoms with Gasteiger partial charge in [0.1, 0.15) is 11.2 Å². The van der Waals surface area contributed by atoms with E-state index in [1.54, 1.807) is 0 Å². The molecule has 67 heavy (non-hydrogen) atoms. The van der Waals surface area contributed by atoms with Crippen molar-refractivity contribution in [3.05, 3.63) is 212 Å². The fraction of sp³-hybridized carbons (Fsp3) is 0.0645. The third-order valence-corrected chi connectivity index (χ3v) is 20.5. The highest BCUT2D eigenvalue weighted by atomic mass is 28.3. The minimum absolute atomic E-state index is 0.0484. The van der Waals surface area contributed by atoms with Crippen molar-refractivity contribution in [3.8, 4) is 33.4 Å². The number of hydrogen-bond donors (Lipinski definition) is 0. The van der Waals surface area contributed by atoms with E-state index >= 15 is 0 Å². The number of benzene rings is 10. The van der Waals surface area contributed by atoms with Gasteiger partial charge in [-0.05, 0) is 112 Å². The first-order valence-corrected chi connectivity index (χ1v) is 25.6. The fourth-order valence-electron chi connectivity index (χ4n) is 12.9. The van der Waals surface area contributed by atoms with Crippen LogP contribution in [-0.4, -0.2) is 14.9 Å². The van der Waals surface area contributed by atoms with Gasteiger partial charge in [0.25, 0.3) is 0 Å². The molecular weight excluding hydrogens is 828 g/mol. The molecule has 0 aliphatic carbocycles. The van der Waals surface area contributed by atoms with Crippen LogP contribution in [0.1, 0.15) is 26.3 Å². The first-order valence-electron chi connectivity index (χ1n) is 23.6. The Morgan fingerprint density at radius 2 is 1.12 bits per heavy atom. The summed E-state index contributed by atoms with van der Waals surface area (Å²) in [5.74, 6) is 0. The molecule has 0 amide bonds. The van der Waals surface area contributed by atoms with Gasteiger partial charge >= 0.3 is 6.85 Å². The van der Waals surface area contributed by atoms with Crippen LogP contribution in [0, 0.1) is 0 Å². The lowest BCUT2D eigenvalue weighted by molar-refractivity contribution is 0.590. The van der Waals surface area contributed by atoms with Crippen LogP contribution in [0.25, 0.3) is 66.1 Å². The fourth-order valence-corrected chi connectivity index (χ4v) is 18.4. The zero-order valence-electron chi connectivity index (χ0n) is 37.5. The van der Waals surface area contributed by atoms with Gasteiger partial charge in [-0.25, -0.2) is 0 Å². The number of furan rings is 1. The van der Waals surface area contributed by atoms with E-state index in [1.807, 2.05) is 0 Å². The lowest BCUT2D eigenvalue weighted by Gasteiger charge is -2.52. The van der Waals surface area contributed by atoms with Gasteiger partial charge in [-0.1, -0.05) is 191 Å². The van der Waals surface area contributed by atoms with E-state index in [9.17, 15) is 0 Å². The summed E-state index contributed by atoms with van der Waals surface area (Å²) in [5.41, 5.74) is 19.6. The van der Waals surface area contributed by atoms with Crippen molar-refractivity contribution in [2.45, 2.75) is 26.2 Å². The highest BCUT2D eigenvalue weighted by Gasteiger charge is 2.58. The molecule has 1 spiro atoms. The molecule has 0 saturated carbocycles. The third kappa shape index (κ3) is 4.72. The highest BCUT2D eigenvalue weighted by molar-refractivity contribution is 7.24. The largest absolute Gasteiger partial charge is 0.456 e. The van der Waals surface area contributed by atoms with Crippen molar-refractivity contribution < 1.29 is 4.42 Å². The SMILES string of the molecule is CC(C)(C)c1ccc(N2c3cc4ccccc4c4c3B(c3ccc5oc6ccccc6c5c32)N2c3ccccc3[Si]3(c5ccccc5-c5ccccc53)c3cccc-4c32)c(-c2ccccc2)c1. The number of hydrogen-bond acceptors (Lipinski definition) is 3. The Balaban J connectivity index is 1.14. The van der Waals surface area contributed by atoms with Crippen molar-refractivity contribution in [2.75, 3.05) is 9.71 Å². The van der Waals surface area contributed by atoms with Gasteiger partial charge < -0.3 is 14.1 Å². The second-order valence-corrected chi connectivity index (χ2v) is 23.6. The first-order chi connectivity index (χ1) is 32.9. The summed E-state index contributed by atoms with van der Waals surface area (Å²) in [6, 6.07) is 78.4. The maximum Gasteiger partial charge on any atom is 0.333 e. The standard InChI is InChI=1S/C62H43BN2OSi/c1-62(2,3)40-32-34-48(46(37-40)38-18-5-4-6-19-38)64-50-36-39-20-7-8-21-41(39)57-45-25-17-31-56-60(45)65(63(59(50)57)47-33-35-52-58(61(47)64)44-24-9-13-27-51(44)66-52)49-26-12-16-30-55(49)67(56)53-28-14-10-22-42(53)43-23-11-15-29-54(43)67/h4-37H,1-3H3. The van der Waals surface area contributed by atoms with Crippen LogP contribution in [0.15, 0.2) is 211 Å². The summed E-state index contributed by atoms with van der Waals surface area (Å²) in [5, 5.41) is 10.6. The molecule has 0 fully saturated rings. The van der Waals surface area contributed by atoms with E-state index in [0.717, 1.165) is 27.6 Å². The third-order valence-electron chi connectivity index (χ3n) is 15.6. The van der Waals surface area contributed by atoms with Crippen LogP contribution in [0.3, 0.4) is 0 Å². The van der Waals surface area contributed by atoms with E-state index in [0.29, 0.717) is 0 Å². The Hall–Kier alpha value is -7.86. The average Bonchev–Trinajstić information content (AvgIpc) is 3.90. The Bertz CT molecular complexity index is 3910. The number of rotatable bonds is 2. The molecule has 314 valence electrons. The van der Waals surface area contributed by atoms with Crippen molar-refractivity contribution in [3.63, 3.8) is 0 Å². The molecule has 15 rings (SSSR count). The molecule has 0 unspecified atom stereocenters. The van der Waals surface area contributed by atoms with Crippen LogP contribution in [0.2, 0.25) is 0 Å². The summed E-state index contributed by atoms with van der Waals surface area (Å²) in [4.78, 5) is 5.40. The van der Waals surface area contributed by atoms with Gasteiger partial charge in [-0.3, -0.25) is 0 Å². The van der Waals surface area contributed by atoms with Crippen LogP contribution in [0.4, 0.5) is 28.4 Å². The molecule has 3 nitrogen and oxygen atoms in total. The second-order valence-electron chi connectivity index (χ2n) is 19.9. The minimum atomic E-state index is -2.84. The molecule has 0 saturated heterocycles. The molecule has 4 aliphatic rings. The van der Waals surface area contributed by atoms with Gasteiger partial charge in [0.2, 0.25) is 0 Å².